The first-order valence-electron chi connectivity index (χ1n) is 7.02. The van der Waals surface area contributed by atoms with Crippen molar-refractivity contribution in [1.29, 1.82) is 0 Å². The maximum absolute atomic E-state index is 12.6. The van der Waals surface area contributed by atoms with Gasteiger partial charge in [0.15, 0.2) is 0 Å². The number of halogens is 2. The predicted octanol–water partition coefficient (Wildman–Crippen LogP) is 3.41. The average molecular weight is 358 g/mol. The number of hydrogen-bond acceptors (Lipinski definition) is 2. The largest absolute Gasteiger partial charge is 0.337 e. The van der Waals surface area contributed by atoms with Gasteiger partial charge in [-0.1, -0.05) is 11.6 Å². The fourth-order valence-corrected chi connectivity index (χ4v) is 3.80. The quantitative estimate of drug-likeness (QED) is 0.769. The number of hydrogen-bond donors (Lipinski definition) is 0. The van der Waals surface area contributed by atoms with E-state index in [4.69, 9.17) is 11.6 Å². The molecule has 0 spiro atoms. The van der Waals surface area contributed by atoms with Crippen molar-refractivity contribution in [3.8, 4) is 0 Å². The van der Waals surface area contributed by atoms with Crippen LogP contribution in [-0.2, 0) is 0 Å². The highest BCUT2D eigenvalue weighted by Crippen LogP contribution is 2.30. The zero-order chi connectivity index (χ0) is 14.3. The van der Waals surface area contributed by atoms with Gasteiger partial charge in [-0.3, -0.25) is 9.69 Å². The molecule has 2 aliphatic heterocycles. The summed E-state index contributed by atoms with van der Waals surface area (Å²) in [6, 6.07) is 6.56. The third kappa shape index (κ3) is 2.61. The van der Waals surface area contributed by atoms with Crippen molar-refractivity contribution in [3.63, 3.8) is 0 Å². The first-order valence-corrected chi connectivity index (χ1v) is 8.19. The highest BCUT2D eigenvalue weighted by atomic mass is 79.9. The van der Waals surface area contributed by atoms with Crippen LogP contribution in [0.4, 0.5) is 0 Å². The second-order valence-corrected chi connectivity index (χ2v) is 6.98. The molecule has 3 rings (SSSR count). The lowest BCUT2D eigenvalue weighted by Gasteiger charge is -2.26. The Labute approximate surface area is 133 Å². The molecule has 2 unspecified atom stereocenters. The molecule has 2 aliphatic rings. The Balaban J connectivity index is 1.78. The molecule has 2 fully saturated rings. The molecule has 0 aromatic heterocycles. The molecule has 1 aromatic rings. The lowest BCUT2D eigenvalue weighted by Crippen LogP contribution is -2.39. The van der Waals surface area contributed by atoms with E-state index < -0.39 is 0 Å². The van der Waals surface area contributed by atoms with E-state index in [9.17, 15) is 4.79 Å². The molecule has 2 heterocycles. The number of likely N-dealkylation sites (tertiary alicyclic amines) is 1. The Morgan fingerprint density at radius 1 is 1.30 bits per heavy atom. The monoisotopic (exact) mass is 356 g/mol. The molecule has 0 radical (unpaired) electrons. The summed E-state index contributed by atoms with van der Waals surface area (Å²) < 4.78 is 0.776. The molecule has 3 nitrogen and oxygen atoms in total. The van der Waals surface area contributed by atoms with E-state index in [1.807, 2.05) is 17.0 Å². The van der Waals surface area contributed by atoms with E-state index in [2.05, 4.69) is 27.9 Å². The van der Waals surface area contributed by atoms with E-state index in [0.717, 1.165) is 24.0 Å². The molecule has 108 valence electrons. The number of carbonyl (C=O) groups excluding carboxylic acids is 1. The minimum Gasteiger partial charge on any atom is -0.337 e. The van der Waals surface area contributed by atoms with Gasteiger partial charge < -0.3 is 4.90 Å². The van der Waals surface area contributed by atoms with Crippen LogP contribution in [-0.4, -0.2) is 47.9 Å². The summed E-state index contributed by atoms with van der Waals surface area (Å²) >= 11 is 9.37. The van der Waals surface area contributed by atoms with Crippen LogP contribution in [0.1, 0.15) is 29.6 Å². The van der Waals surface area contributed by atoms with Crippen LogP contribution in [0.5, 0.6) is 0 Å². The smallest absolute Gasteiger partial charge is 0.253 e. The number of likely N-dealkylation sites (N-methyl/N-ethyl adjacent to an activating group) is 1. The van der Waals surface area contributed by atoms with E-state index in [1.165, 1.54) is 12.8 Å². The van der Waals surface area contributed by atoms with Crippen molar-refractivity contribution >= 4 is 33.4 Å². The minimum atomic E-state index is 0.114. The number of rotatable bonds is 1. The molecular formula is C15H18BrClN2O. The van der Waals surface area contributed by atoms with E-state index in [-0.39, 0.29) is 5.91 Å². The fraction of sp³-hybridized carbons (Fsp3) is 0.533. The van der Waals surface area contributed by atoms with Crippen LogP contribution in [0.25, 0.3) is 0 Å². The molecule has 0 saturated carbocycles. The van der Waals surface area contributed by atoms with E-state index in [1.54, 1.807) is 6.07 Å². The Morgan fingerprint density at radius 2 is 2.05 bits per heavy atom. The van der Waals surface area contributed by atoms with Gasteiger partial charge in [0.1, 0.15) is 0 Å². The molecule has 5 heteroatoms. The molecule has 1 amide bonds. The summed E-state index contributed by atoms with van der Waals surface area (Å²) in [4.78, 5) is 17.1. The summed E-state index contributed by atoms with van der Waals surface area (Å²) in [7, 11) is 2.19. The van der Waals surface area contributed by atoms with Crippen molar-refractivity contribution in [2.75, 3.05) is 20.1 Å². The molecule has 2 saturated heterocycles. The Kier molecular flexibility index (Phi) is 4.07. The number of carbonyl (C=O) groups is 1. The predicted molar refractivity (Wildman–Crippen MR) is 84.2 cm³/mol. The van der Waals surface area contributed by atoms with Crippen LogP contribution in [0.2, 0.25) is 5.02 Å². The molecule has 1 aromatic carbocycles. The van der Waals surface area contributed by atoms with Gasteiger partial charge in [-0.05, 0) is 60.4 Å². The summed E-state index contributed by atoms with van der Waals surface area (Å²) in [6.07, 6.45) is 3.55. The van der Waals surface area contributed by atoms with Gasteiger partial charge in [-0.2, -0.15) is 0 Å². The van der Waals surface area contributed by atoms with Crippen LogP contribution in [0.15, 0.2) is 22.7 Å². The maximum Gasteiger partial charge on any atom is 0.253 e. The number of benzene rings is 1. The maximum atomic E-state index is 12.6. The topological polar surface area (TPSA) is 23.6 Å². The normalized spacial score (nSPS) is 26.6. The summed E-state index contributed by atoms with van der Waals surface area (Å²) in [5.41, 5.74) is 0.710. The van der Waals surface area contributed by atoms with E-state index in [0.29, 0.717) is 22.7 Å². The molecule has 2 bridgehead atoms. The third-order valence-electron chi connectivity index (χ3n) is 4.60. The summed E-state index contributed by atoms with van der Waals surface area (Å²) in [5, 5.41) is 0.635. The van der Waals surface area contributed by atoms with E-state index >= 15 is 0 Å². The average Bonchev–Trinajstić information content (AvgIpc) is 2.66. The lowest BCUT2D eigenvalue weighted by atomic mass is 10.1. The van der Waals surface area contributed by atoms with Crippen molar-refractivity contribution in [2.24, 2.45) is 0 Å². The van der Waals surface area contributed by atoms with Crippen molar-refractivity contribution in [2.45, 2.75) is 31.3 Å². The Morgan fingerprint density at radius 3 is 2.80 bits per heavy atom. The van der Waals surface area contributed by atoms with Crippen LogP contribution in [0, 0.1) is 0 Å². The van der Waals surface area contributed by atoms with Crippen LogP contribution < -0.4 is 0 Å². The first-order chi connectivity index (χ1) is 9.56. The minimum absolute atomic E-state index is 0.114. The van der Waals surface area contributed by atoms with Gasteiger partial charge in [0.05, 0.1) is 5.02 Å². The summed E-state index contributed by atoms with van der Waals surface area (Å²) in [5.74, 6) is 0.114. The highest BCUT2D eigenvalue weighted by molar-refractivity contribution is 9.10. The zero-order valence-electron chi connectivity index (χ0n) is 11.5. The second-order valence-electron chi connectivity index (χ2n) is 5.72. The molecule has 20 heavy (non-hydrogen) atoms. The van der Waals surface area contributed by atoms with Gasteiger partial charge in [-0.15, -0.1) is 0 Å². The number of nitrogens with zero attached hydrogens (tertiary/aromatic N) is 2. The zero-order valence-corrected chi connectivity index (χ0v) is 13.8. The molecule has 0 N–H and O–H groups in total. The van der Waals surface area contributed by atoms with Gasteiger partial charge in [0, 0.05) is 35.2 Å². The Hall–Kier alpha value is -0.580. The standard InChI is InChI=1S/C15H18BrClN2O/c1-18-11-3-4-12(18)9-19(7-6-11)15(20)10-2-5-14(17)13(16)8-10/h2,5,8,11-12H,3-4,6-7,9H2,1H3. The Bertz CT molecular complexity index is 537. The SMILES string of the molecule is CN1C2CCC1CN(C(=O)c1ccc(Cl)c(Br)c1)CC2. The fourth-order valence-electron chi connectivity index (χ4n) is 3.30. The third-order valence-corrected chi connectivity index (χ3v) is 5.82. The van der Waals surface area contributed by atoms with Crippen molar-refractivity contribution in [1.82, 2.24) is 9.80 Å². The summed E-state index contributed by atoms with van der Waals surface area (Å²) in [6.45, 7) is 1.69. The first kappa shape index (κ1) is 14.4. The van der Waals surface area contributed by atoms with Gasteiger partial charge >= 0.3 is 0 Å². The molecule has 2 atom stereocenters. The van der Waals surface area contributed by atoms with Crippen molar-refractivity contribution < 1.29 is 4.79 Å². The van der Waals surface area contributed by atoms with Gasteiger partial charge in [0.2, 0.25) is 0 Å². The lowest BCUT2D eigenvalue weighted by molar-refractivity contribution is 0.0740. The van der Waals surface area contributed by atoms with Crippen LogP contribution >= 0.6 is 27.5 Å². The second kappa shape index (κ2) is 5.66. The van der Waals surface area contributed by atoms with Crippen LogP contribution in [0.3, 0.4) is 0 Å². The molecule has 0 aliphatic carbocycles. The highest BCUT2D eigenvalue weighted by Gasteiger charge is 2.36. The molecular weight excluding hydrogens is 340 g/mol. The van der Waals surface area contributed by atoms with Gasteiger partial charge in [-0.25, -0.2) is 0 Å². The number of fused-ring (bicyclic) bond motifs is 2. The number of amides is 1. The van der Waals surface area contributed by atoms with Crippen molar-refractivity contribution in [3.05, 3.63) is 33.3 Å². The van der Waals surface area contributed by atoms with Gasteiger partial charge in [0.25, 0.3) is 5.91 Å².